The summed E-state index contributed by atoms with van der Waals surface area (Å²) in [4.78, 5) is 21.6. The smallest absolute Gasteiger partial charge is 0.338 e. The Bertz CT molecular complexity index is 549. The molecule has 0 unspecified atom stereocenters. The summed E-state index contributed by atoms with van der Waals surface area (Å²) < 4.78 is 5.05. The van der Waals surface area contributed by atoms with Gasteiger partial charge in [0.1, 0.15) is 14.7 Å². The largest absolute Gasteiger partial charge is 0.461 e. The van der Waals surface area contributed by atoms with Crippen LogP contribution in [-0.4, -0.2) is 25.6 Å². The lowest BCUT2D eigenvalue weighted by Gasteiger charge is -2.04. The second kappa shape index (κ2) is 6.87. The number of nitrogens with zero attached hydrogens (tertiary/aromatic N) is 1. The Morgan fingerprint density at radius 2 is 1.90 bits per heavy atom. The van der Waals surface area contributed by atoms with E-state index in [0.29, 0.717) is 12.0 Å². The van der Waals surface area contributed by atoms with Crippen LogP contribution in [0.3, 0.4) is 0 Å². The second-order valence-electron chi connectivity index (χ2n) is 5.24. The zero-order chi connectivity index (χ0) is 15.2. The van der Waals surface area contributed by atoms with E-state index >= 15 is 0 Å². The van der Waals surface area contributed by atoms with Crippen molar-refractivity contribution < 1.29 is 14.5 Å². The second-order valence-corrected chi connectivity index (χ2v) is 9.99. The van der Waals surface area contributed by atoms with Crippen molar-refractivity contribution in [2.75, 3.05) is 6.61 Å². The fraction of sp³-hybridized carbons (Fsp3) is 0.357. The quantitative estimate of drug-likeness (QED) is 0.213. The topological polar surface area (TPSA) is 69.4 Å². The van der Waals surface area contributed by atoms with Crippen molar-refractivity contribution >= 4 is 19.7 Å². The first-order valence-corrected chi connectivity index (χ1v) is 9.71. The summed E-state index contributed by atoms with van der Waals surface area (Å²) in [7, 11) is -1.38. The molecule has 1 rings (SSSR count). The standard InChI is InChI=1S/C14H17NO4Si/c1-20(2,3)11-5-4-10-19-14(16)12-6-8-13(9-7-12)15(17)18/h6-9H,4,10H2,1-3H3. The molecule has 0 aromatic heterocycles. The van der Waals surface area contributed by atoms with E-state index in [1.54, 1.807) is 0 Å². The number of rotatable bonds is 4. The summed E-state index contributed by atoms with van der Waals surface area (Å²) in [5, 5.41) is 10.5. The van der Waals surface area contributed by atoms with Crippen LogP contribution in [0.25, 0.3) is 0 Å². The fourth-order valence-corrected chi connectivity index (χ4v) is 1.98. The maximum Gasteiger partial charge on any atom is 0.338 e. The molecule has 6 heteroatoms. The highest BCUT2D eigenvalue weighted by atomic mass is 28.3. The highest BCUT2D eigenvalue weighted by Crippen LogP contribution is 2.12. The van der Waals surface area contributed by atoms with Gasteiger partial charge in [-0.15, -0.1) is 11.5 Å². The Kier molecular flexibility index (Phi) is 5.47. The van der Waals surface area contributed by atoms with Crippen LogP contribution in [0.15, 0.2) is 24.3 Å². The third-order valence-corrected chi connectivity index (χ3v) is 3.16. The van der Waals surface area contributed by atoms with E-state index in [4.69, 9.17) is 4.74 Å². The van der Waals surface area contributed by atoms with Crippen molar-refractivity contribution in [2.45, 2.75) is 26.1 Å². The van der Waals surface area contributed by atoms with Crippen LogP contribution in [0.5, 0.6) is 0 Å². The van der Waals surface area contributed by atoms with Gasteiger partial charge in [0.05, 0.1) is 10.5 Å². The number of non-ortho nitro benzene ring substituents is 1. The average molecular weight is 291 g/mol. The Morgan fingerprint density at radius 3 is 2.40 bits per heavy atom. The molecular weight excluding hydrogens is 274 g/mol. The van der Waals surface area contributed by atoms with E-state index in [9.17, 15) is 14.9 Å². The summed E-state index contributed by atoms with van der Waals surface area (Å²) >= 11 is 0. The van der Waals surface area contributed by atoms with Crippen molar-refractivity contribution in [1.82, 2.24) is 0 Å². The molecule has 1 aromatic rings. The number of hydrogen-bond donors (Lipinski definition) is 0. The highest BCUT2D eigenvalue weighted by molar-refractivity contribution is 6.83. The molecule has 0 saturated heterocycles. The van der Waals surface area contributed by atoms with Gasteiger partial charge in [-0.1, -0.05) is 19.6 Å². The molecule has 0 amide bonds. The molecule has 0 aliphatic heterocycles. The average Bonchev–Trinajstić information content (AvgIpc) is 2.37. The molecule has 0 aliphatic rings. The van der Waals surface area contributed by atoms with Crippen LogP contribution in [0, 0.1) is 21.6 Å². The normalized spacial score (nSPS) is 10.3. The first-order chi connectivity index (χ1) is 9.29. The first-order valence-electron chi connectivity index (χ1n) is 6.21. The third-order valence-electron chi connectivity index (χ3n) is 2.24. The molecule has 0 radical (unpaired) electrons. The molecule has 0 bridgehead atoms. The molecule has 0 heterocycles. The number of nitro benzene ring substituents is 1. The van der Waals surface area contributed by atoms with Gasteiger partial charge in [-0.05, 0) is 12.1 Å². The zero-order valence-electron chi connectivity index (χ0n) is 11.8. The Balaban J connectivity index is 2.47. The highest BCUT2D eigenvalue weighted by Gasteiger charge is 2.10. The van der Waals surface area contributed by atoms with Crippen molar-refractivity contribution in [3.8, 4) is 11.5 Å². The number of carbonyl (C=O) groups is 1. The van der Waals surface area contributed by atoms with Crippen LogP contribution in [0.2, 0.25) is 19.6 Å². The van der Waals surface area contributed by atoms with Crippen molar-refractivity contribution in [3.05, 3.63) is 39.9 Å². The lowest BCUT2D eigenvalue weighted by atomic mass is 10.2. The molecule has 106 valence electrons. The molecule has 5 nitrogen and oxygen atoms in total. The minimum absolute atomic E-state index is 0.0532. The van der Waals surface area contributed by atoms with Crippen molar-refractivity contribution in [1.29, 1.82) is 0 Å². The number of benzene rings is 1. The van der Waals surface area contributed by atoms with E-state index in [0.717, 1.165) is 0 Å². The van der Waals surface area contributed by atoms with Crippen LogP contribution < -0.4 is 0 Å². The molecule has 0 saturated carbocycles. The van der Waals surface area contributed by atoms with Gasteiger partial charge in [0.25, 0.3) is 5.69 Å². The van der Waals surface area contributed by atoms with Gasteiger partial charge in [0, 0.05) is 18.6 Å². The Morgan fingerprint density at radius 1 is 1.30 bits per heavy atom. The maximum atomic E-state index is 11.7. The SMILES string of the molecule is C[Si](C)(C)C#CCCOC(=O)c1ccc([N+](=O)[O-])cc1. The first kappa shape index (κ1) is 15.9. The molecule has 0 spiro atoms. The molecule has 20 heavy (non-hydrogen) atoms. The van der Waals surface area contributed by atoms with Gasteiger partial charge < -0.3 is 4.74 Å². The lowest BCUT2D eigenvalue weighted by Crippen LogP contribution is -2.16. The van der Waals surface area contributed by atoms with Crippen LogP contribution in [-0.2, 0) is 4.74 Å². The minimum Gasteiger partial charge on any atom is -0.461 e. The number of hydrogen-bond acceptors (Lipinski definition) is 4. The number of esters is 1. The maximum absolute atomic E-state index is 11.7. The Hall–Kier alpha value is -2.13. The number of carbonyl (C=O) groups excluding carboxylic acids is 1. The molecule has 0 atom stereocenters. The minimum atomic E-state index is -1.38. The predicted octanol–water partition coefficient (Wildman–Crippen LogP) is 3.02. The van der Waals surface area contributed by atoms with Gasteiger partial charge in [0.2, 0.25) is 0 Å². The molecule has 1 aromatic carbocycles. The van der Waals surface area contributed by atoms with Crippen molar-refractivity contribution in [2.24, 2.45) is 0 Å². The molecule has 0 N–H and O–H groups in total. The Labute approximate surface area is 119 Å². The third kappa shape index (κ3) is 5.67. The van der Waals surface area contributed by atoms with Gasteiger partial charge in [0.15, 0.2) is 0 Å². The summed E-state index contributed by atoms with van der Waals surface area (Å²) in [5.74, 6) is 2.51. The van der Waals surface area contributed by atoms with Gasteiger partial charge in [-0.3, -0.25) is 10.1 Å². The van der Waals surface area contributed by atoms with E-state index in [1.807, 2.05) is 0 Å². The summed E-state index contributed by atoms with van der Waals surface area (Å²) in [6.07, 6.45) is 0.503. The van der Waals surface area contributed by atoms with E-state index in [1.165, 1.54) is 24.3 Å². The van der Waals surface area contributed by atoms with Crippen LogP contribution >= 0.6 is 0 Å². The van der Waals surface area contributed by atoms with Crippen LogP contribution in [0.4, 0.5) is 5.69 Å². The number of ether oxygens (including phenoxy) is 1. The monoisotopic (exact) mass is 291 g/mol. The zero-order valence-corrected chi connectivity index (χ0v) is 12.8. The summed E-state index contributed by atoms with van der Waals surface area (Å²) in [6, 6.07) is 5.33. The van der Waals surface area contributed by atoms with E-state index < -0.39 is 19.0 Å². The number of nitro groups is 1. The van der Waals surface area contributed by atoms with Gasteiger partial charge >= 0.3 is 5.97 Å². The summed E-state index contributed by atoms with van der Waals surface area (Å²) in [5.41, 5.74) is 3.42. The predicted molar refractivity (Wildman–Crippen MR) is 79.1 cm³/mol. The van der Waals surface area contributed by atoms with Crippen molar-refractivity contribution in [3.63, 3.8) is 0 Å². The van der Waals surface area contributed by atoms with E-state index in [-0.39, 0.29) is 12.3 Å². The molecular formula is C14H17NO4Si. The van der Waals surface area contributed by atoms with E-state index in [2.05, 4.69) is 31.1 Å². The van der Waals surface area contributed by atoms with Crippen LogP contribution in [0.1, 0.15) is 16.8 Å². The molecule has 0 aliphatic carbocycles. The summed E-state index contributed by atoms with van der Waals surface area (Å²) in [6.45, 7) is 6.65. The van der Waals surface area contributed by atoms with Gasteiger partial charge in [-0.25, -0.2) is 4.79 Å². The van der Waals surface area contributed by atoms with Gasteiger partial charge in [-0.2, -0.15) is 0 Å². The fourth-order valence-electron chi connectivity index (χ4n) is 1.32. The lowest BCUT2D eigenvalue weighted by molar-refractivity contribution is -0.384. The molecule has 0 fully saturated rings.